The fourth-order valence-electron chi connectivity index (χ4n) is 3.28. The minimum absolute atomic E-state index is 0.0391. The molecule has 1 aliphatic heterocycles. The molecule has 0 amide bonds. The molecule has 1 saturated heterocycles. The molecule has 25 heavy (non-hydrogen) atoms. The van der Waals surface area contributed by atoms with Crippen molar-refractivity contribution in [3.63, 3.8) is 0 Å². The van der Waals surface area contributed by atoms with E-state index in [1.807, 2.05) is 12.1 Å². The van der Waals surface area contributed by atoms with E-state index in [0.29, 0.717) is 6.04 Å². The first-order valence-electron chi connectivity index (χ1n) is 9.06. The molecule has 0 radical (unpaired) electrons. The van der Waals surface area contributed by atoms with E-state index in [2.05, 4.69) is 60.9 Å². The van der Waals surface area contributed by atoms with Gasteiger partial charge in [0.2, 0.25) is 0 Å². The Morgan fingerprint density at radius 3 is 2.80 bits per heavy atom. The highest BCUT2D eigenvalue weighted by atomic mass is 16.5. The van der Waals surface area contributed by atoms with Gasteiger partial charge < -0.3 is 10.1 Å². The molecule has 2 heterocycles. The van der Waals surface area contributed by atoms with E-state index in [1.165, 1.54) is 5.56 Å². The van der Waals surface area contributed by atoms with Crippen molar-refractivity contribution in [2.75, 3.05) is 26.7 Å². The summed E-state index contributed by atoms with van der Waals surface area (Å²) < 4.78 is 7.49. The predicted octanol–water partition coefficient (Wildman–Crippen LogP) is 3.11. The van der Waals surface area contributed by atoms with Crippen molar-refractivity contribution in [1.29, 1.82) is 0 Å². The van der Waals surface area contributed by atoms with Crippen LogP contribution in [0.25, 0.3) is 11.3 Å². The molecule has 1 aliphatic rings. The van der Waals surface area contributed by atoms with E-state index < -0.39 is 0 Å². The van der Waals surface area contributed by atoms with Gasteiger partial charge in [-0.05, 0) is 39.8 Å². The van der Waals surface area contributed by atoms with E-state index in [0.717, 1.165) is 43.2 Å². The number of aromatic nitrogens is 2. The van der Waals surface area contributed by atoms with E-state index in [1.54, 1.807) is 7.11 Å². The first-order chi connectivity index (χ1) is 11.9. The fourth-order valence-corrected chi connectivity index (χ4v) is 3.28. The van der Waals surface area contributed by atoms with Gasteiger partial charge in [-0.3, -0.25) is 9.58 Å². The van der Waals surface area contributed by atoms with Crippen LogP contribution in [0, 0.1) is 0 Å². The minimum Gasteiger partial charge on any atom is -0.497 e. The molecule has 0 saturated carbocycles. The summed E-state index contributed by atoms with van der Waals surface area (Å²) in [6.45, 7) is 12.9. The molecule has 0 bridgehead atoms. The van der Waals surface area contributed by atoms with Gasteiger partial charge in [-0.1, -0.05) is 12.1 Å². The number of hydrogen-bond acceptors (Lipinski definition) is 4. The van der Waals surface area contributed by atoms with E-state index in [9.17, 15) is 0 Å². The number of nitrogens with zero attached hydrogens (tertiary/aromatic N) is 3. The summed E-state index contributed by atoms with van der Waals surface area (Å²) in [4.78, 5) is 2.51. The molecule has 5 heteroatoms. The van der Waals surface area contributed by atoms with Crippen LogP contribution < -0.4 is 10.1 Å². The summed E-state index contributed by atoms with van der Waals surface area (Å²) in [6.07, 6.45) is 2.21. The van der Waals surface area contributed by atoms with Crippen LogP contribution in [-0.2, 0) is 12.1 Å². The number of methoxy groups -OCH3 is 1. The van der Waals surface area contributed by atoms with Gasteiger partial charge in [-0.2, -0.15) is 5.10 Å². The highest BCUT2D eigenvalue weighted by Gasteiger charge is 2.22. The van der Waals surface area contributed by atoms with Crippen molar-refractivity contribution < 1.29 is 4.74 Å². The monoisotopic (exact) mass is 342 g/mol. The molecule has 1 aromatic carbocycles. The van der Waals surface area contributed by atoms with Crippen molar-refractivity contribution in [2.45, 2.75) is 45.8 Å². The van der Waals surface area contributed by atoms with Crippen LogP contribution in [-0.4, -0.2) is 47.5 Å². The first kappa shape index (κ1) is 18.0. The smallest absolute Gasteiger partial charge is 0.119 e. The molecule has 0 aliphatic carbocycles. The molecule has 0 unspecified atom stereocenters. The second-order valence-electron chi connectivity index (χ2n) is 7.94. The van der Waals surface area contributed by atoms with Crippen molar-refractivity contribution in [3.05, 3.63) is 36.0 Å². The van der Waals surface area contributed by atoms with Crippen LogP contribution in [0.15, 0.2) is 30.5 Å². The third kappa shape index (κ3) is 4.22. The number of nitrogens with one attached hydrogen (secondary N) is 1. The number of rotatable bonds is 4. The van der Waals surface area contributed by atoms with Gasteiger partial charge in [0, 0.05) is 49.5 Å². The molecule has 5 nitrogen and oxygen atoms in total. The second kappa shape index (κ2) is 7.18. The van der Waals surface area contributed by atoms with Crippen molar-refractivity contribution in [2.24, 2.45) is 0 Å². The Morgan fingerprint density at radius 1 is 1.32 bits per heavy atom. The molecule has 0 spiro atoms. The number of hydrogen-bond donors (Lipinski definition) is 1. The van der Waals surface area contributed by atoms with Gasteiger partial charge in [0.1, 0.15) is 5.75 Å². The largest absolute Gasteiger partial charge is 0.497 e. The van der Waals surface area contributed by atoms with Crippen LogP contribution >= 0.6 is 0 Å². The lowest BCUT2D eigenvalue weighted by molar-refractivity contribution is 0.199. The predicted molar refractivity (Wildman–Crippen MR) is 102 cm³/mol. The van der Waals surface area contributed by atoms with Gasteiger partial charge in [-0.25, -0.2) is 0 Å². The molecule has 2 aromatic rings. The van der Waals surface area contributed by atoms with E-state index >= 15 is 0 Å². The number of ether oxygens (including phenoxy) is 1. The third-order valence-corrected chi connectivity index (χ3v) is 4.67. The normalized spacial score (nSPS) is 19.2. The lowest BCUT2D eigenvalue weighted by atomic mass is 10.1. The summed E-state index contributed by atoms with van der Waals surface area (Å²) in [5.74, 6) is 0.865. The molecule has 1 N–H and O–H groups in total. The maximum Gasteiger partial charge on any atom is 0.119 e. The molecule has 1 aromatic heterocycles. The summed E-state index contributed by atoms with van der Waals surface area (Å²) >= 11 is 0. The van der Waals surface area contributed by atoms with Crippen LogP contribution in [0.1, 0.15) is 33.3 Å². The van der Waals surface area contributed by atoms with Crippen molar-refractivity contribution in [1.82, 2.24) is 20.0 Å². The lowest BCUT2D eigenvalue weighted by Gasteiger charge is -2.31. The van der Waals surface area contributed by atoms with E-state index in [-0.39, 0.29) is 5.54 Å². The maximum atomic E-state index is 5.40. The zero-order chi connectivity index (χ0) is 18.0. The standard InChI is InChI=1S/C20H30N4O/c1-15-12-23(10-9-21-15)13-17-14-24(20(2,3)4)22-19(17)16-7-6-8-18(11-16)25-5/h6-8,11,14-15,21H,9-10,12-13H2,1-5H3/t15-/m0/s1. The van der Waals surface area contributed by atoms with Gasteiger partial charge >= 0.3 is 0 Å². The fraction of sp³-hybridized carbons (Fsp3) is 0.550. The van der Waals surface area contributed by atoms with E-state index in [4.69, 9.17) is 9.84 Å². The zero-order valence-corrected chi connectivity index (χ0v) is 16.0. The Bertz CT molecular complexity index is 717. The molecular weight excluding hydrogens is 312 g/mol. The second-order valence-corrected chi connectivity index (χ2v) is 7.94. The Hall–Kier alpha value is -1.85. The summed E-state index contributed by atoms with van der Waals surface area (Å²) in [7, 11) is 1.70. The Kier molecular flexibility index (Phi) is 5.16. The van der Waals surface area contributed by atoms with Crippen LogP contribution in [0.5, 0.6) is 5.75 Å². The number of benzene rings is 1. The van der Waals surface area contributed by atoms with Gasteiger partial charge in [-0.15, -0.1) is 0 Å². The quantitative estimate of drug-likeness (QED) is 0.927. The first-order valence-corrected chi connectivity index (χ1v) is 9.06. The van der Waals surface area contributed by atoms with Crippen LogP contribution in [0.4, 0.5) is 0 Å². The lowest BCUT2D eigenvalue weighted by Crippen LogP contribution is -2.48. The van der Waals surface area contributed by atoms with Crippen molar-refractivity contribution >= 4 is 0 Å². The molecule has 1 atom stereocenters. The zero-order valence-electron chi connectivity index (χ0n) is 16.0. The van der Waals surface area contributed by atoms with Crippen molar-refractivity contribution in [3.8, 4) is 17.0 Å². The summed E-state index contributed by atoms with van der Waals surface area (Å²) in [5, 5.41) is 8.44. The molecule has 136 valence electrons. The maximum absolute atomic E-state index is 5.40. The van der Waals surface area contributed by atoms with Crippen LogP contribution in [0.2, 0.25) is 0 Å². The Morgan fingerprint density at radius 2 is 2.12 bits per heavy atom. The highest BCUT2D eigenvalue weighted by Crippen LogP contribution is 2.29. The average molecular weight is 342 g/mol. The van der Waals surface area contributed by atoms with Gasteiger partial charge in [0.15, 0.2) is 0 Å². The topological polar surface area (TPSA) is 42.3 Å². The Balaban J connectivity index is 1.96. The Labute approximate surface area is 151 Å². The summed E-state index contributed by atoms with van der Waals surface area (Å²) in [5.41, 5.74) is 3.40. The SMILES string of the molecule is COc1cccc(-c2nn(C(C)(C)C)cc2CN2CCN[C@@H](C)C2)c1. The highest BCUT2D eigenvalue weighted by molar-refractivity contribution is 5.64. The molecule has 3 rings (SSSR count). The van der Waals surface area contributed by atoms with Crippen LogP contribution in [0.3, 0.4) is 0 Å². The average Bonchev–Trinajstić information content (AvgIpc) is 2.99. The number of piperazine rings is 1. The molecular formula is C20H30N4O. The minimum atomic E-state index is -0.0391. The third-order valence-electron chi connectivity index (χ3n) is 4.67. The van der Waals surface area contributed by atoms with Gasteiger partial charge in [0.25, 0.3) is 0 Å². The summed E-state index contributed by atoms with van der Waals surface area (Å²) in [6, 6.07) is 8.72. The molecule has 1 fully saturated rings. The van der Waals surface area contributed by atoms with Gasteiger partial charge in [0.05, 0.1) is 18.3 Å².